The first-order valence-electron chi connectivity index (χ1n) is 5.57. The van der Waals surface area contributed by atoms with Crippen molar-refractivity contribution in [3.63, 3.8) is 0 Å². The smallest absolute Gasteiger partial charge is 0.239 e. The second kappa shape index (κ2) is 7.22. The van der Waals surface area contributed by atoms with E-state index < -0.39 is 0 Å². The Bertz CT molecular complexity index is 234. The Morgan fingerprint density at radius 2 is 1.75 bits per heavy atom. The average Bonchev–Trinajstić information content (AvgIpc) is 2.12. The Morgan fingerprint density at radius 1 is 1.12 bits per heavy atom. The average molecular weight is 229 g/mol. The van der Waals surface area contributed by atoms with Crippen LogP contribution in [-0.4, -0.2) is 37.5 Å². The summed E-state index contributed by atoms with van der Waals surface area (Å²) >= 11 is 0. The van der Waals surface area contributed by atoms with Gasteiger partial charge in [0.05, 0.1) is 6.54 Å². The van der Waals surface area contributed by atoms with Crippen molar-refractivity contribution in [3.05, 3.63) is 0 Å². The van der Waals surface area contributed by atoms with E-state index in [4.69, 9.17) is 0 Å². The molecule has 0 saturated heterocycles. The minimum absolute atomic E-state index is 0.0512. The number of amides is 2. The lowest BCUT2D eigenvalue weighted by Crippen LogP contribution is -2.45. The summed E-state index contributed by atoms with van der Waals surface area (Å²) in [5.74, 6) is -0.242. The number of rotatable bonds is 6. The van der Waals surface area contributed by atoms with E-state index in [1.165, 1.54) is 0 Å². The van der Waals surface area contributed by atoms with Crippen LogP contribution in [-0.2, 0) is 9.59 Å². The van der Waals surface area contributed by atoms with E-state index in [1.807, 2.05) is 27.8 Å². The lowest BCUT2D eigenvalue weighted by atomic mass is 10.1. The molecule has 0 saturated carbocycles. The molecule has 3 N–H and O–H groups in total. The van der Waals surface area contributed by atoms with Gasteiger partial charge in [-0.25, -0.2) is 0 Å². The van der Waals surface area contributed by atoms with Crippen LogP contribution in [0.25, 0.3) is 0 Å². The second-order valence-corrected chi connectivity index (χ2v) is 4.78. The third kappa shape index (κ3) is 9.45. The monoisotopic (exact) mass is 229 g/mol. The zero-order valence-corrected chi connectivity index (χ0v) is 10.6. The van der Waals surface area contributed by atoms with Gasteiger partial charge in [-0.3, -0.25) is 9.59 Å². The van der Waals surface area contributed by atoms with Crippen LogP contribution < -0.4 is 16.0 Å². The molecule has 2 amide bonds. The first kappa shape index (κ1) is 14.9. The van der Waals surface area contributed by atoms with Gasteiger partial charge in [-0.05, 0) is 40.8 Å². The molecule has 0 atom stereocenters. The molecule has 0 unspecified atom stereocenters. The molecule has 0 aliphatic carbocycles. The zero-order chi connectivity index (χ0) is 12.6. The van der Waals surface area contributed by atoms with Gasteiger partial charge in [0, 0.05) is 12.0 Å². The Kier molecular flexibility index (Phi) is 6.72. The van der Waals surface area contributed by atoms with Crippen LogP contribution in [0, 0.1) is 0 Å². The largest absolute Gasteiger partial charge is 0.350 e. The lowest BCUT2D eigenvalue weighted by molar-refractivity contribution is -0.126. The Morgan fingerprint density at radius 3 is 2.25 bits per heavy atom. The molecule has 0 heterocycles. The van der Waals surface area contributed by atoms with Gasteiger partial charge in [-0.15, -0.1) is 0 Å². The Hall–Kier alpha value is -1.10. The molecule has 0 aliphatic rings. The predicted octanol–water partition coefficient (Wildman–Crippen LogP) is 0.0169. The molecular formula is C11H23N3O2. The van der Waals surface area contributed by atoms with Crippen molar-refractivity contribution in [1.29, 1.82) is 0 Å². The maximum atomic E-state index is 11.4. The number of hydrogen-bond acceptors (Lipinski definition) is 3. The van der Waals surface area contributed by atoms with E-state index in [2.05, 4.69) is 16.0 Å². The molecule has 0 aromatic heterocycles. The molecule has 0 fully saturated rings. The molecule has 5 nitrogen and oxygen atoms in total. The molecule has 0 aliphatic heterocycles. The van der Waals surface area contributed by atoms with E-state index in [9.17, 15) is 9.59 Å². The predicted molar refractivity (Wildman–Crippen MR) is 64.1 cm³/mol. The molecule has 0 rings (SSSR count). The summed E-state index contributed by atoms with van der Waals surface area (Å²) in [6, 6.07) is 0. The van der Waals surface area contributed by atoms with Crippen molar-refractivity contribution in [2.45, 2.75) is 39.2 Å². The Labute approximate surface area is 97.4 Å². The summed E-state index contributed by atoms with van der Waals surface area (Å²) in [6.45, 7) is 6.57. The highest BCUT2D eigenvalue weighted by Crippen LogP contribution is 1.97. The van der Waals surface area contributed by atoms with Gasteiger partial charge < -0.3 is 16.0 Å². The SMILES string of the molecule is CNCCCC(=O)NCC(=O)NC(C)(C)C. The minimum Gasteiger partial charge on any atom is -0.350 e. The molecule has 0 aromatic carbocycles. The topological polar surface area (TPSA) is 70.2 Å². The van der Waals surface area contributed by atoms with Gasteiger partial charge in [0.1, 0.15) is 0 Å². The van der Waals surface area contributed by atoms with E-state index in [0.717, 1.165) is 13.0 Å². The van der Waals surface area contributed by atoms with Gasteiger partial charge >= 0.3 is 0 Å². The normalized spacial score (nSPS) is 11.0. The van der Waals surface area contributed by atoms with E-state index in [0.29, 0.717) is 6.42 Å². The molecule has 94 valence electrons. The standard InChI is InChI=1S/C11H23N3O2/c1-11(2,3)14-10(16)8-13-9(15)6-5-7-12-4/h12H,5-8H2,1-4H3,(H,13,15)(H,14,16). The van der Waals surface area contributed by atoms with Crippen molar-refractivity contribution in [2.24, 2.45) is 0 Å². The van der Waals surface area contributed by atoms with Gasteiger partial charge in [-0.2, -0.15) is 0 Å². The van der Waals surface area contributed by atoms with Gasteiger partial charge in [0.2, 0.25) is 11.8 Å². The summed E-state index contributed by atoms with van der Waals surface area (Å²) in [6.07, 6.45) is 1.23. The highest BCUT2D eigenvalue weighted by Gasteiger charge is 2.13. The fourth-order valence-corrected chi connectivity index (χ4v) is 1.16. The number of nitrogens with one attached hydrogen (secondary N) is 3. The summed E-state index contributed by atoms with van der Waals surface area (Å²) in [5.41, 5.74) is -0.256. The van der Waals surface area contributed by atoms with Crippen LogP contribution in [0.2, 0.25) is 0 Å². The highest BCUT2D eigenvalue weighted by atomic mass is 16.2. The van der Waals surface area contributed by atoms with Crippen LogP contribution in [0.15, 0.2) is 0 Å². The molecule has 0 spiro atoms. The lowest BCUT2D eigenvalue weighted by Gasteiger charge is -2.20. The van der Waals surface area contributed by atoms with Crippen molar-refractivity contribution in [2.75, 3.05) is 20.1 Å². The number of hydrogen-bond donors (Lipinski definition) is 3. The molecule has 0 bridgehead atoms. The van der Waals surface area contributed by atoms with Crippen molar-refractivity contribution < 1.29 is 9.59 Å². The van der Waals surface area contributed by atoms with Crippen molar-refractivity contribution >= 4 is 11.8 Å². The summed E-state index contributed by atoms with van der Waals surface area (Å²) < 4.78 is 0. The van der Waals surface area contributed by atoms with Crippen molar-refractivity contribution in [3.8, 4) is 0 Å². The first-order valence-corrected chi connectivity index (χ1v) is 5.57. The molecule has 0 aromatic rings. The van der Waals surface area contributed by atoms with Gasteiger partial charge in [0.25, 0.3) is 0 Å². The van der Waals surface area contributed by atoms with Gasteiger partial charge in [-0.1, -0.05) is 0 Å². The zero-order valence-electron chi connectivity index (χ0n) is 10.6. The molecule has 5 heteroatoms. The van der Waals surface area contributed by atoms with Crippen molar-refractivity contribution in [1.82, 2.24) is 16.0 Å². The van der Waals surface area contributed by atoms with E-state index >= 15 is 0 Å². The molecule has 0 radical (unpaired) electrons. The van der Waals surface area contributed by atoms with Crippen LogP contribution in [0.5, 0.6) is 0 Å². The summed E-state index contributed by atoms with van der Waals surface area (Å²) in [5, 5.41) is 8.32. The third-order valence-electron chi connectivity index (χ3n) is 1.79. The number of carbonyl (C=O) groups excluding carboxylic acids is 2. The van der Waals surface area contributed by atoms with Crippen LogP contribution in [0.4, 0.5) is 0 Å². The van der Waals surface area contributed by atoms with Crippen LogP contribution in [0.1, 0.15) is 33.6 Å². The fraction of sp³-hybridized carbons (Fsp3) is 0.818. The molecular weight excluding hydrogens is 206 g/mol. The fourth-order valence-electron chi connectivity index (χ4n) is 1.16. The van der Waals surface area contributed by atoms with E-state index in [1.54, 1.807) is 0 Å². The number of carbonyl (C=O) groups is 2. The van der Waals surface area contributed by atoms with Crippen LogP contribution in [0.3, 0.4) is 0 Å². The highest BCUT2D eigenvalue weighted by molar-refractivity contribution is 5.84. The quantitative estimate of drug-likeness (QED) is 0.562. The second-order valence-electron chi connectivity index (χ2n) is 4.78. The minimum atomic E-state index is -0.256. The van der Waals surface area contributed by atoms with Gasteiger partial charge in [0.15, 0.2) is 0 Å². The maximum Gasteiger partial charge on any atom is 0.239 e. The summed E-state index contributed by atoms with van der Waals surface area (Å²) in [7, 11) is 1.84. The third-order valence-corrected chi connectivity index (χ3v) is 1.79. The molecule has 16 heavy (non-hydrogen) atoms. The maximum absolute atomic E-state index is 11.4. The summed E-state index contributed by atoms with van der Waals surface area (Å²) in [4.78, 5) is 22.6. The Balaban J connectivity index is 3.63. The van der Waals surface area contributed by atoms with Crippen LogP contribution >= 0.6 is 0 Å². The first-order chi connectivity index (χ1) is 7.35. The van der Waals surface area contributed by atoms with E-state index in [-0.39, 0.29) is 23.9 Å².